The van der Waals surface area contributed by atoms with Gasteiger partial charge in [-0.3, -0.25) is 4.79 Å². The number of fused-ring (bicyclic) bond motifs is 1. The van der Waals surface area contributed by atoms with Gasteiger partial charge in [-0.1, -0.05) is 54.6 Å². The maximum absolute atomic E-state index is 11.8. The van der Waals surface area contributed by atoms with Gasteiger partial charge in [0.15, 0.2) is 5.56 Å². The van der Waals surface area contributed by atoms with Crippen LogP contribution in [0.3, 0.4) is 0 Å². The van der Waals surface area contributed by atoms with Crippen LogP contribution in [0.4, 0.5) is 0 Å². The van der Waals surface area contributed by atoms with Crippen molar-refractivity contribution in [3.05, 3.63) is 75.9 Å². The Hall–Kier alpha value is -3.36. The molecule has 0 spiro atoms. The Bertz CT molecular complexity index is 1170. The number of thiophene rings is 1. The highest BCUT2D eigenvalue weighted by atomic mass is 32.1. The second kappa shape index (κ2) is 5.93. The van der Waals surface area contributed by atoms with Crippen molar-refractivity contribution in [3.8, 4) is 34.1 Å². The lowest BCUT2D eigenvalue weighted by Crippen LogP contribution is -2.09. The van der Waals surface area contributed by atoms with Crippen LogP contribution in [0.2, 0.25) is 0 Å². The molecule has 0 fully saturated rings. The summed E-state index contributed by atoms with van der Waals surface area (Å²) in [6.07, 6.45) is 0. The summed E-state index contributed by atoms with van der Waals surface area (Å²) in [5.41, 5.74) is 3.11. The number of benzene rings is 2. The quantitative estimate of drug-likeness (QED) is 0.562. The minimum atomic E-state index is -0.569. The number of nitriles is 1. The summed E-state index contributed by atoms with van der Waals surface area (Å²) >= 11 is 1.33. The molecule has 4 aromatic rings. The van der Waals surface area contributed by atoms with E-state index in [9.17, 15) is 9.90 Å². The van der Waals surface area contributed by atoms with Crippen molar-refractivity contribution in [3.63, 3.8) is 0 Å². The molecule has 0 radical (unpaired) electrons. The number of nitrogens with one attached hydrogen (secondary N) is 1. The van der Waals surface area contributed by atoms with Crippen LogP contribution < -0.4 is 5.56 Å². The van der Waals surface area contributed by atoms with Crippen LogP contribution in [0.5, 0.6) is 5.75 Å². The lowest BCUT2D eigenvalue weighted by atomic mass is 10.00. The van der Waals surface area contributed by atoms with Crippen LogP contribution in [-0.4, -0.2) is 10.1 Å². The van der Waals surface area contributed by atoms with Crippen LogP contribution in [0.1, 0.15) is 5.56 Å². The topological polar surface area (TPSA) is 76.9 Å². The van der Waals surface area contributed by atoms with Crippen LogP contribution in [0.15, 0.2) is 64.8 Å². The predicted octanol–water partition coefficient (Wildman–Crippen LogP) is 4.50. The van der Waals surface area contributed by atoms with Crippen molar-refractivity contribution < 1.29 is 5.11 Å². The molecular weight excluding hydrogens is 332 g/mol. The highest BCUT2D eigenvalue weighted by Gasteiger charge is 2.17. The molecule has 5 heteroatoms. The van der Waals surface area contributed by atoms with Gasteiger partial charge in [0.1, 0.15) is 16.6 Å². The van der Waals surface area contributed by atoms with E-state index < -0.39 is 5.56 Å². The molecule has 4 rings (SSSR count). The van der Waals surface area contributed by atoms with Crippen molar-refractivity contribution in [2.24, 2.45) is 0 Å². The number of aromatic hydroxyl groups is 1. The SMILES string of the molecule is N#Cc1c(O)c2c(-c3ccc(-c4ccccc4)cc3)csc2[nH]c1=O. The first-order chi connectivity index (χ1) is 12.2. The van der Waals surface area contributed by atoms with E-state index in [1.807, 2.05) is 60.0 Å². The van der Waals surface area contributed by atoms with Crippen molar-refractivity contribution in [1.29, 1.82) is 5.26 Å². The molecule has 0 aliphatic rings. The zero-order chi connectivity index (χ0) is 17.4. The number of hydrogen-bond donors (Lipinski definition) is 2. The van der Waals surface area contributed by atoms with E-state index in [0.717, 1.165) is 22.3 Å². The van der Waals surface area contributed by atoms with E-state index in [1.165, 1.54) is 11.3 Å². The molecule has 0 amide bonds. The molecule has 2 aromatic carbocycles. The summed E-state index contributed by atoms with van der Waals surface area (Å²) in [6, 6.07) is 19.8. The number of H-pyrrole nitrogens is 1. The zero-order valence-corrected chi connectivity index (χ0v) is 13.8. The summed E-state index contributed by atoms with van der Waals surface area (Å²) in [6.45, 7) is 0. The van der Waals surface area contributed by atoms with Crippen LogP contribution in [0, 0.1) is 11.3 Å². The molecular formula is C20H12N2O2S. The zero-order valence-electron chi connectivity index (χ0n) is 13.0. The van der Waals surface area contributed by atoms with Crippen LogP contribution in [-0.2, 0) is 0 Å². The fourth-order valence-corrected chi connectivity index (χ4v) is 3.84. The Morgan fingerprint density at radius 2 is 1.60 bits per heavy atom. The first-order valence-corrected chi connectivity index (χ1v) is 8.49. The van der Waals surface area contributed by atoms with Gasteiger partial charge >= 0.3 is 0 Å². The van der Waals surface area contributed by atoms with E-state index in [1.54, 1.807) is 6.07 Å². The van der Waals surface area contributed by atoms with Crippen molar-refractivity contribution >= 4 is 21.6 Å². The molecule has 120 valence electrons. The molecule has 4 nitrogen and oxygen atoms in total. The maximum atomic E-state index is 11.8. The third-order valence-electron chi connectivity index (χ3n) is 4.13. The predicted molar refractivity (Wildman–Crippen MR) is 99.7 cm³/mol. The third kappa shape index (κ3) is 2.49. The summed E-state index contributed by atoms with van der Waals surface area (Å²) in [7, 11) is 0. The first kappa shape index (κ1) is 15.2. The van der Waals surface area contributed by atoms with Gasteiger partial charge in [-0.2, -0.15) is 5.26 Å². The van der Waals surface area contributed by atoms with Gasteiger partial charge < -0.3 is 10.1 Å². The van der Waals surface area contributed by atoms with Crippen molar-refractivity contribution in [2.75, 3.05) is 0 Å². The summed E-state index contributed by atoms with van der Waals surface area (Å²) in [5.74, 6) is -0.260. The van der Waals surface area contributed by atoms with E-state index in [0.29, 0.717) is 10.2 Å². The van der Waals surface area contributed by atoms with Gasteiger partial charge in [0.2, 0.25) is 0 Å². The largest absolute Gasteiger partial charge is 0.506 e. The number of aromatic nitrogens is 1. The summed E-state index contributed by atoms with van der Waals surface area (Å²) < 4.78 is 0. The second-order valence-electron chi connectivity index (χ2n) is 5.59. The highest BCUT2D eigenvalue weighted by Crippen LogP contribution is 2.39. The lowest BCUT2D eigenvalue weighted by molar-refractivity contribution is 0.479. The first-order valence-electron chi connectivity index (χ1n) is 7.61. The van der Waals surface area contributed by atoms with Gasteiger partial charge in [-0.15, -0.1) is 11.3 Å². The number of pyridine rings is 1. The molecule has 2 N–H and O–H groups in total. The molecule has 25 heavy (non-hydrogen) atoms. The number of nitrogens with zero attached hydrogens (tertiary/aromatic N) is 1. The van der Waals surface area contributed by atoms with E-state index >= 15 is 0 Å². The average molecular weight is 344 g/mol. The number of hydrogen-bond acceptors (Lipinski definition) is 4. The van der Waals surface area contributed by atoms with Gasteiger partial charge in [-0.25, -0.2) is 0 Å². The Morgan fingerprint density at radius 1 is 0.960 bits per heavy atom. The van der Waals surface area contributed by atoms with E-state index in [2.05, 4.69) is 4.98 Å². The van der Waals surface area contributed by atoms with Crippen LogP contribution >= 0.6 is 11.3 Å². The van der Waals surface area contributed by atoms with E-state index in [-0.39, 0.29) is 11.3 Å². The fraction of sp³-hybridized carbons (Fsp3) is 0. The standard InChI is InChI=1S/C20H12N2O2S/c21-10-15-18(23)17-16(11-25-20(17)22-19(15)24)14-8-6-13(7-9-14)12-4-2-1-3-5-12/h1-9,11H,(H2,22,23,24). The normalized spacial score (nSPS) is 10.7. The van der Waals surface area contributed by atoms with Gasteiger partial charge in [0, 0.05) is 10.9 Å². The van der Waals surface area contributed by atoms with Crippen LogP contribution in [0.25, 0.3) is 32.5 Å². The summed E-state index contributed by atoms with van der Waals surface area (Å²) in [4.78, 5) is 15.0. The minimum Gasteiger partial charge on any atom is -0.506 e. The Labute approximate surface area is 147 Å². The monoisotopic (exact) mass is 344 g/mol. The Kier molecular flexibility index (Phi) is 3.60. The second-order valence-corrected chi connectivity index (χ2v) is 6.47. The number of rotatable bonds is 2. The van der Waals surface area contributed by atoms with Gasteiger partial charge in [-0.05, 0) is 16.7 Å². The molecule has 0 saturated heterocycles. The van der Waals surface area contributed by atoms with E-state index in [4.69, 9.17) is 5.26 Å². The Morgan fingerprint density at radius 3 is 2.28 bits per heavy atom. The molecule has 2 heterocycles. The molecule has 0 unspecified atom stereocenters. The Balaban J connectivity index is 1.86. The van der Waals surface area contributed by atoms with Crippen molar-refractivity contribution in [2.45, 2.75) is 0 Å². The molecule has 0 aliphatic heterocycles. The van der Waals surface area contributed by atoms with Gasteiger partial charge in [0.25, 0.3) is 5.56 Å². The average Bonchev–Trinajstić information content (AvgIpc) is 3.07. The highest BCUT2D eigenvalue weighted by molar-refractivity contribution is 7.17. The molecule has 0 bridgehead atoms. The third-order valence-corrected chi connectivity index (χ3v) is 5.03. The summed E-state index contributed by atoms with van der Waals surface area (Å²) in [5, 5.41) is 21.8. The molecule has 2 aromatic heterocycles. The minimum absolute atomic E-state index is 0.256. The maximum Gasteiger partial charge on any atom is 0.270 e. The molecule has 0 atom stereocenters. The van der Waals surface area contributed by atoms with Crippen molar-refractivity contribution in [1.82, 2.24) is 4.98 Å². The smallest absolute Gasteiger partial charge is 0.270 e. The number of aromatic amines is 1. The lowest BCUT2D eigenvalue weighted by Gasteiger charge is -2.05. The van der Waals surface area contributed by atoms with Gasteiger partial charge in [0.05, 0.1) is 5.39 Å². The molecule has 0 saturated carbocycles. The molecule has 0 aliphatic carbocycles. The fourth-order valence-electron chi connectivity index (χ4n) is 2.87.